The maximum Gasteiger partial charge on any atom is 0.259 e. The van der Waals surface area contributed by atoms with Gasteiger partial charge in [-0.2, -0.15) is 0 Å². The maximum atomic E-state index is 12.3. The number of halogens is 1. The number of hydrogen-bond acceptors (Lipinski definition) is 4. The Hall–Kier alpha value is -2.05. The third-order valence-corrected chi connectivity index (χ3v) is 4.20. The number of nitrogens with one attached hydrogen (secondary N) is 1. The third-order valence-electron chi connectivity index (χ3n) is 3.70. The molecule has 6 heteroatoms. The molecule has 2 aromatic rings. The van der Waals surface area contributed by atoms with Gasteiger partial charge < -0.3 is 20.1 Å². The third kappa shape index (κ3) is 3.83. The van der Waals surface area contributed by atoms with E-state index in [1.165, 1.54) is 6.07 Å². The molecule has 120 valence electrons. The Balaban J connectivity index is 1.70. The number of phenols is 1. The summed E-state index contributed by atoms with van der Waals surface area (Å²) in [4.78, 5) is 14.5. The van der Waals surface area contributed by atoms with Crippen LogP contribution in [0.4, 0.5) is 11.4 Å². The molecule has 0 radical (unpaired) electrons. The Morgan fingerprint density at radius 2 is 1.83 bits per heavy atom. The number of hydrogen-bond donors (Lipinski definition) is 2. The lowest BCUT2D eigenvalue weighted by Gasteiger charge is -2.28. The van der Waals surface area contributed by atoms with E-state index in [4.69, 9.17) is 4.74 Å². The molecular weight excluding hydrogens is 360 g/mol. The number of aromatic hydroxyl groups is 1. The van der Waals surface area contributed by atoms with Gasteiger partial charge in [0, 0.05) is 28.9 Å². The number of carbonyl (C=O) groups excluding carboxylic acids is 1. The van der Waals surface area contributed by atoms with Crippen molar-refractivity contribution in [3.8, 4) is 5.75 Å². The van der Waals surface area contributed by atoms with Crippen molar-refractivity contribution in [1.29, 1.82) is 0 Å². The van der Waals surface area contributed by atoms with E-state index < -0.39 is 0 Å². The summed E-state index contributed by atoms with van der Waals surface area (Å²) >= 11 is 3.30. The summed E-state index contributed by atoms with van der Waals surface area (Å²) in [7, 11) is 0. The molecule has 1 saturated heterocycles. The summed E-state index contributed by atoms with van der Waals surface area (Å²) in [6.45, 7) is 3.22. The van der Waals surface area contributed by atoms with E-state index >= 15 is 0 Å². The second-order valence-electron chi connectivity index (χ2n) is 5.26. The van der Waals surface area contributed by atoms with Crippen LogP contribution >= 0.6 is 15.9 Å². The normalized spacial score (nSPS) is 14.6. The predicted molar refractivity (Wildman–Crippen MR) is 93.2 cm³/mol. The average molecular weight is 377 g/mol. The van der Waals surface area contributed by atoms with E-state index in [-0.39, 0.29) is 17.2 Å². The lowest BCUT2D eigenvalue weighted by Crippen LogP contribution is -2.36. The first-order valence-electron chi connectivity index (χ1n) is 7.36. The smallest absolute Gasteiger partial charge is 0.259 e. The van der Waals surface area contributed by atoms with Crippen LogP contribution < -0.4 is 10.2 Å². The monoisotopic (exact) mass is 376 g/mol. The molecule has 23 heavy (non-hydrogen) atoms. The molecule has 1 aliphatic heterocycles. The van der Waals surface area contributed by atoms with Gasteiger partial charge in [-0.15, -0.1) is 0 Å². The first-order chi connectivity index (χ1) is 11.1. The first-order valence-corrected chi connectivity index (χ1v) is 8.15. The first kappa shape index (κ1) is 15.8. The van der Waals surface area contributed by atoms with Gasteiger partial charge in [-0.1, -0.05) is 15.9 Å². The quantitative estimate of drug-likeness (QED) is 0.862. The average Bonchev–Trinajstić information content (AvgIpc) is 2.58. The molecule has 0 atom stereocenters. The molecule has 2 aromatic carbocycles. The number of carbonyl (C=O) groups is 1. The van der Waals surface area contributed by atoms with Gasteiger partial charge in [0.1, 0.15) is 5.75 Å². The SMILES string of the molecule is O=C(Nc1ccc(N2CCOCC2)cc1)c1cc(Br)ccc1O. The van der Waals surface area contributed by atoms with Crippen LogP contribution in [-0.4, -0.2) is 37.3 Å². The molecule has 0 aliphatic carbocycles. The van der Waals surface area contributed by atoms with Crippen LogP contribution in [0.3, 0.4) is 0 Å². The minimum atomic E-state index is -0.345. The van der Waals surface area contributed by atoms with E-state index in [2.05, 4.69) is 26.1 Å². The molecule has 1 aliphatic rings. The fraction of sp³-hybridized carbons (Fsp3) is 0.235. The van der Waals surface area contributed by atoms with Crippen LogP contribution in [0.2, 0.25) is 0 Å². The molecule has 0 saturated carbocycles. The van der Waals surface area contributed by atoms with Crippen molar-refractivity contribution in [2.45, 2.75) is 0 Å². The van der Waals surface area contributed by atoms with Crippen LogP contribution in [-0.2, 0) is 4.74 Å². The molecule has 3 rings (SSSR count). The van der Waals surface area contributed by atoms with Crippen molar-refractivity contribution in [3.05, 3.63) is 52.5 Å². The number of amides is 1. The Kier molecular flexibility index (Phi) is 4.83. The van der Waals surface area contributed by atoms with Crippen molar-refractivity contribution in [2.75, 3.05) is 36.5 Å². The molecule has 0 aromatic heterocycles. The summed E-state index contributed by atoms with van der Waals surface area (Å²) in [5, 5.41) is 12.6. The lowest BCUT2D eigenvalue weighted by molar-refractivity contribution is 0.102. The molecular formula is C17H17BrN2O3. The molecule has 0 bridgehead atoms. The van der Waals surface area contributed by atoms with E-state index in [0.717, 1.165) is 36.5 Å². The van der Waals surface area contributed by atoms with Gasteiger partial charge in [0.25, 0.3) is 5.91 Å². The van der Waals surface area contributed by atoms with Gasteiger partial charge in [0.2, 0.25) is 0 Å². The summed E-state index contributed by atoms with van der Waals surface area (Å²) in [6.07, 6.45) is 0. The fourth-order valence-corrected chi connectivity index (χ4v) is 2.83. The number of morpholine rings is 1. The number of benzene rings is 2. The standard InChI is InChI=1S/C17H17BrN2O3/c18-12-1-6-16(21)15(11-12)17(22)19-13-2-4-14(5-3-13)20-7-9-23-10-8-20/h1-6,11,21H,7-10H2,(H,19,22). The largest absolute Gasteiger partial charge is 0.507 e. The fourth-order valence-electron chi connectivity index (χ4n) is 2.47. The summed E-state index contributed by atoms with van der Waals surface area (Å²) in [5.41, 5.74) is 2.03. The van der Waals surface area contributed by atoms with E-state index in [1.807, 2.05) is 24.3 Å². The van der Waals surface area contributed by atoms with Crippen LogP contribution in [0.25, 0.3) is 0 Å². The second-order valence-corrected chi connectivity index (χ2v) is 6.18. The number of rotatable bonds is 3. The van der Waals surface area contributed by atoms with Gasteiger partial charge >= 0.3 is 0 Å². The number of anilines is 2. The number of nitrogens with zero attached hydrogens (tertiary/aromatic N) is 1. The van der Waals surface area contributed by atoms with Gasteiger partial charge in [-0.3, -0.25) is 4.79 Å². The van der Waals surface area contributed by atoms with Crippen molar-refractivity contribution < 1.29 is 14.6 Å². The van der Waals surface area contributed by atoms with Gasteiger partial charge in [-0.05, 0) is 42.5 Å². The summed E-state index contributed by atoms with van der Waals surface area (Å²) in [5.74, 6) is -0.390. The van der Waals surface area contributed by atoms with Crippen molar-refractivity contribution in [3.63, 3.8) is 0 Å². The molecule has 5 nitrogen and oxygen atoms in total. The van der Waals surface area contributed by atoms with Gasteiger partial charge in [0.05, 0.1) is 18.8 Å². The van der Waals surface area contributed by atoms with Gasteiger partial charge in [-0.25, -0.2) is 0 Å². The highest BCUT2D eigenvalue weighted by atomic mass is 79.9. The predicted octanol–water partition coefficient (Wildman–Crippen LogP) is 3.24. The van der Waals surface area contributed by atoms with E-state index in [0.29, 0.717) is 5.69 Å². The minimum absolute atomic E-state index is 0.0457. The Morgan fingerprint density at radius 3 is 2.52 bits per heavy atom. The van der Waals surface area contributed by atoms with Crippen molar-refractivity contribution in [2.24, 2.45) is 0 Å². The van der Waals surface area contributed by atoms with Crippen LogP contribution in [0.1, 0.15) is 10.4 Å². The van der Waals surface area contributed by atoms with E-state index in [9.17, 15) is 9.90 Å². The Bertz CT molecular complexity index is 697. The Morgan fingerprint density at radius 1 is 1.13 bits per heavy atom. The van der Waals surface area contributed by atoms with Crippen molar-refractivity contribution in [1.82, 2.24) is 0 Å². The zero-order valence-corrected chi connectivity index (χ0v) is 14.0. The number of phenolic OH excluding ortho intramolecular Hbond substituents is 1. The topological polar surface area (TPSA) is 61.8 Å². The van der Waals surface area contributed by atoms with Gasteiger partial charge in [0.15, 0.2) is 0 Å². The highest BCUT2D eigenvalue weighted by Gasteiger charge is 2.13. The Labute approximate surface area is 143 Å². The summed E-state index contributed by atoms with van der Waals surface area (Å²) < 4.78 is 6.08. The second kappa shape index (κ2) is 7.02. The van der Waals surface area contributed by atoms with Crippen molar-refractivity contribution >= 4 is 33.2 Å². The number of ether oxygens (including phenoxy) is 1. The van der Waals surface area contributed by atoms with E-state index in [1.54, 1.807) is 12.1 Å². The van der Waals surface area contributed by atoms with Crippen LogP contribution in [0, 0.1) is 0 Å². The summed E-state index contributed by atoms with van der Waals surface area (Å²) in [6, 6.07) is 12.4. The lowest BCUT2D eigenvalue weighted by atomic mass is 10.2. The molecule has 1 amide bonds. The minimum Gasteiger partial charge on any atom is -0.507 e. The van der Waals surface area contributed by atoms with Crippen LogP contribution in [0.15, 0.2) is 46.9 Å². The molecule has 0 unspecified atom stereocenters. The molecule has 1 fully saturated rings. The molecule has 1 heterocycles. The zero-order chi connectivity index (χ0) is 16.2. The highest BCUT2D eigenvalue weighted by Crippen LogP contribution is 2.24. The van der Waals surface area contributed by atoms with Crippen LogP contribution in [0.5, 0.6) is 5.75 Å². The zero-order valence-electron chi connectivity index (χ0n) is 12.5. The highest BCUT2D eigenvalue weighted by molar-refractivity contribution is 9.10. The maximum absolute atomic E-state index is 12.3. The molecule has 0 spiro atoms. The molecule has 2 N–H and O–H groups in total.